The Morgan fingerprint density at radius 3 is 2.59 bits per heavy atom. The van der Waals surface area contributed by atoms with Crippen LogP contribution in [0, 0.1) is 5.92 Å². The molecule has 2 atom stereocenters. The van der Waals surface area contributed by atoms with Crippen molar-refractivity contribution in [3.63, 3.8) is 0 Å². The first-order valence-electron chi connectivity index (χ1n) is 6.25. The molecule has 0 N–H and O–H groups in total. The zero-order chi connectivity index (χ0) is 12.3. The first kappa shape index (κ1) is 12.0. The molecule has 0 amide bonds. The molecule has 2 unspecified atom stereocenters. The van der Waals surface area contributed by atoms with Gasteiger partial charge in [0.15, 0.2) is 0 Å². The van der Waals surface area contributed by atoms with Gasteiger partial charge in [-0.2, -0.15) is 0 Å². The van der Waals surface area contributed by atoms with Gasteiger partial charge in [-0.15, -0.1) is 0 Å². The summed E-state index contributed by atoms with van der Waals surface area (Å²) in [4.78, 5) is 23.2. The Hall–Kier alpha value is -1.44. The summed E-state index contributed by atoms with van der Waals surface area (Å²) in [5, 5.41) is 0. The molecule has 1 fully saturated rings. The average molecular weight is 230 g/mol. The molecule has 1 aliphatic carbocycles. The van der Waals surface area contributed by atoms with Crippen LogP contribution < -0.4 is 0 Å². The molecule has 2 nitrogen and oxygen atoms in total. The number of ketones is 2. The summed E-state index contributed by atoms with van der Waals surface area (Å²) >= 11 is 0. The van der Waals surface area contributed by atoms with Crippen LogP contribution in [0.3, 0.4) is 0 Å². The normalized spacial score (nSPS) is 21.5. The molecule has 0 saturated heterocycles. The molecule has 2 heteroatoms. The molecule has 0 spiro atoms. The van der Waals surface area contributed by atoms with E-state index in [1.54, 1.807) is 6.92 Å². The lowest BCUT2D eigenvalue weighted by atomic mass is 9.81. The van der Waals surface area contributed by atoms with Crippen molar-refractivity contribution < 1.29 is 9.59 Å². The van der Waals surface area contributed by atoms with Gasteiger partial charge in [0, 0.05) is 24.7 Å². The van der Waals surface area contributed by atoms with Crippen LogP contribution in [0.1, 0.15) is 44.1 Å². The predicted octanol–water partition coefficient (Wildman–Crippen LogP) is 3.12. The smallest absolute Gasteiger partial charge is 0.136 e. The quantitative estimate of drug-likeness (QED) is 0.796. The van der Waals surface area contributed by atoms with Gasteiger partial charge in [-0.1, -0.05) is 30.3 Å². The molecule has 0 bridgehead atoms. The van der Waals surface area contributed by atoms with Crippen molar-refractivity contribution in [1.29, 1.82) is 0 Å². The Balaban J connectivity index is 2.25. The second-order valence-electron chi connectivity index (χ2n) is 4.89. The molecule has 1 aromatic rings. The Kier molecular flexibility index (Phi) is 3.72. The molecule has 17 heavy (non-hydrogen) atoms. The van der Waals surface area contributed by atoms with E-state index in [4.69, 9.17) is 0 Å². The maximum Gasteiger partial charge on any atom is 0.136 e. The molecule has 1 aliphatic rings. The van der Waals surface area contributed by atoms with Crippen molar-refractivity contribution in [2.75, 3.05) is 0 Å². The van der Waals surface area contributed by atoms with Crippen LogP contribution in [0.15, 0.2) is 30.3 Å². The highest BCUT2D eigenvalue weighted by Crippen LogP contribution is 2.37. The van der Waals surface area contributed by atoms with Crippen molar-refractivity contribution in [1.82, 2.24) is 0 Å². The third kappa shape index (κ3) is 2.82. The summed E-state index contributed by atoms with van der Waals surface area (Å²) in [7, 11) is 0. The lowest BCUT2D eigenvalue weighted by molar-refractivity contribution is -0.122. The van der Waals surface area contributed by atoms with Crippen LogP contribution in [-0.4, -0.2) is 11.6 Å². The SMILES string of the molecule is CC(=O)CC(c1ccccc1)C1CCCC1=O. The van der Waals surface area contributed by atoms with Crippen molar-refractivity contribution in [3.8, 4) is 0 Å². The van der Waals surface area contributed by atoms with Gasteiger partial charge in [0.25, 0.3) is 0 Å². The minimum Gasteiger partial charge on any atom is -0.300 e. The minimum absolute atomic E-state index is 0.0568. The van der Waals surface area contributed by atoms with Crippen LogP contribution in [0.2, 0.25) is 0 Å². The maximum absolute atomic E-state index is 11.9. The second-order valence-corrected chi connectivity index (χ2v) is 4.89. The van der Waals surface area contributed by atoms with Crippen LogP contribution in [0.5, 0.6) is 0 Å². The van der Waals surface area contributed by atoms with E-state index >= 15 is 0 Å². The molecule has 0 heterocycles. The molecular weight excluding hydrogens is 212 g/mol. The molecule has 1 saturated carbocycles. The largest absolute Gasteiger partial charge is 0.300 e. The number of carbonyl (C=O) groups excluding carboxylic acids is 2. The van der Waals surface area contributed by atoms with E-state index in [0.29, 0.717) is 18.6 Å². The van der Waals surface area contributed by atoms with Crippen molar-refractivity contribution in [3.05, 3.63) is 35.9 Å². The van der Waals surface area contributed by atoms with Gasteiger partial charge < -0.3 is 4.79 Å². The number of Topliss-reactive ketones (excluding diaryl/α,β-unsaturated/α-hetero) is 2. The fraction of sp³-hybridized carbons (Fsp3) is 0.467. The lowest BCUT2D eigenvalue weighted by Crippen LogP contribution is -2.19. The molecule has 1 aromatic carbocycles. The zero-order valence-electron chi connectivity index (χ0n) is 10.2. The summed E-state index contributed by atoms with van der Waals surface area (Å²) in [6.07, 6.45) is 3.09. The van der Waals surface area contributed by atoms with Crippen LogP contribution in [-0.2, 0) is 9.59 Å². The fourth-order valence-electron chi connectivity index (χ4n) is 2.77. The Labute approximate surface area is 102 Å². The summed E-state index contributed by atoms with van der Waals surface area (Å²) in [6.45, 7) is 1.61. The van der Waals surface area contributed by atoms with E-state index < -0.39 is 0 Å². The third-order valence-corrected chi connectivity index (χ3v) is 3.57. The van der Waals surface area contributed by atoms with E-state index in [9.17, 15) is 9.59 Å². The number of hydrogen-bond donors (Lipinski definition) is 0. The number of hydrogen-bond acceptors (Lipinski definition) is 2. The maximum atomic E-state index is 11.9. The fourth-order valence-corrected chi connectivity index (χ4v) is 2.77. The summed E-state index contributed by atoms with van der Waals surface area (Å²) in [5.74, 6) is 0.642. The van der Waals surface area contributed by atoms with Gasteiger partial charge in [-0.25, -0.2) is 0 Å². The highest BCUT2D eigenvalue weighted by molar-refractivity contribution is 5.85. The predicted molar refractivity (Wildman–Crippen MR) is 66.8 cm³/mol. The van der Waals surface area contributed by atoms with Crippen molar-refractivity contribution >= 4 is 11.6 Å². The molecule has 0 radical (unpaired) electrons. The van der Waals surface area contributed by atoms with E-state index in [-0.39, 0.29) is 17.6 Å². The van der Waals surface area contributed by atoms with Gasteiger partial charge in [-0.3, -0.25) is 4.79 Å². The van der Waals surface area contributed by atoms with Gasteiger partial charge >= 0.3 is 0 Å². The summed E-state index contributed by atoms with van der Waals surface area (Å²) < 4.78 is 0. The van der Waals surface area contributed by atoms with Gasteiger partial charge in [0.1, 0.15) is 11.6 Å². The Morgan fingerprint density at radius 2 is 2.06 bits per heavy atom. The van der Waals surface area contributed by atoms with Crippen LogP contribution in [0.4, 0.5) is 0 Å². The lowest BCUT2D eigenvalue weighted by Gasteiger charge is -2.21. The second kappa shape index (κ2) is 5.26. The summed E-state index contributed by atoms with van der Waals surface area (Å²) in [5.41, 5.74) is 1.13. The third-order valence-electron chi connectivity index (χ3n) is 3.57. The molecule has 0 aliphatic heterocycles. The minimum atomic E-state index is 0.0568. The standard InChI is InChI=1S/C15H18O2/c1-11(16)10-14(12-6-3-2-4-7-12)13-8-5-9-15(13)17/h2-4,6-7,13-14H,5,8-10H2,1H3. The molecule has 90 valence electrons. The van der Waals surface area contributed by atoms with E-state index in [1.807, 2.05) is 30.3 Å². The number of benzene rings is 1. The van der Waals surface area contributed by atoms with Crippen LogP contribution in [0.25, 0.3) is 0 Å². The Morgan fingerprint density at radius 1 is 1.35 bits per heavy atom. The van der Waals surface area contributed by atoms with E-state index in [0.717, 1.165) is 18.4 Å². The number of carbonyl (C=O) groups is 2. The van der Waals surface area contributed by atoms with Crippen LogP contribution >= 0.6 is 0 Å². The Bertz CT molecular complexity index is 408. The van der Waals surface area contributed by atoms with Gasteiger partial charge in [0.2, 0.25) is 0 Å². The highest BCUT2D eigenvalue weighted by Gasteiger charge is 2.33. The first-order chi connectivity index (χ1) is 8.18. The van der Waals surface area contributed by atoms with E-state index in [1.165, 1.54) is 0 Å². The van der Waals surface area contributed by atoms with Crippen molar-refractivity contribution in [2.45, 2.75) is 38.5 Å². The monoisotopic (exact) mass is 230 g/mol. The topological polar surface area (TPSA) is 34.1 Å². The molecule has 2 rings (SSSR count). The first-order valence-corrected chi connectivity index (χ1v) is 6.25. The van der Waals surface area contributed by atoms with Crippen molar-refractivity contribution in [2.24, 2.45) is 5.92 Å². The van der Waals surface area contributed by atoms with E-state index in [2.05, 4.69) is 0 Å². The van der Waals surface area contributed by atoms with Gasteiger partial charge in [0.05, 0.1) is 0 Å². The van der Waals surface area contributed by atoms with Gasteiger partial charge in [-0.05, 0) is 25.3 Å². The highest BCUT2D eigenvalue weighted by atomic mass is 16.1. The zero-order valence-corrected chi connectivity index (χ0v) is 10.2. The summed E-state index contributed by atoms with van der Waals surface area (Å²) in [6, 6.07) is 9.97. The molecular formula is C15H18O2. The average Bonchev–Trinajstić information content (AvgIpc) is 2.73. The molecule has 0 aromatic heterocycles. The number of rotatable bonds is 4.